The first-order valence-electron chi connectivity index (χ1n) is 7.52. The van der Waals surface area contributed by atoms with E-state index in [1.54, 1.807) is 24.3 Å². The summed E-state index contributed by atoms with van der Waals surface area (Å²) in [5.74, 6) is -1.48. The predicted molar refractivity (Wildman–Crippen MR) is 93.2 cm³/mol. The number of hydrogen-bond acceptors (Lipinski definition) is 8. The number of rotatable bonds is 6. The first-order valence-corrected chi connectivity index (χ1v) is 8.34. The number of para-hydroxylation sites is 1. The number of ether oxygens (including phenoxy) is 3. The molecule has 0 bridgehead atoms. The zero-order valence-corrected chi connectivity index (χ0v) is 15.2. The summed E-state index contributed by atoms with van der Waals surface area (Å²) in [5, 5.41) is -0.563. The second kappa shape index (κ2) is 8.52. The first-order chi connectivity index (χ1) is 12.4. The molecule has 0 spiro atoms. The van der Waals surface area contributed by atoms with Gasteiger partial charge in [-0.1, -0.05) is 18.2 Å². The van der Waals surface area contributed by atoms with Crippen LogP contribution in [0.5, 0.6) is 5.75 Å². The van der Waals surface area contributed by atoms with E-state index in [1.807, 2.05) is 0 Å². The third-order valence-corrected chi connectivity index (χ3v) is 4.42. The molecule has 26 heavy (non-hydrogen) atoms. The van der Waals surface area contributed by atoms with Crippen molar-refractivity contribution in [3.63, 3.8) is 0 Å². The molecule has 1 aromatic rings. The maximum atomic E-state index is 12.5. The van der Waals surface area contributed by atoms with E-state index in [-0.39, 0.29) is 11.5 Å². The van der Waals surface area contributed by atoms with Gasteiger partial charge in [0.15, 0.2) is 6.61 Å². The van der Waals surface area contributed by atoms with Crippen LogP contribution in [-0.2, 0) is 23.9 Å². The number of amides is 2. The van der Waals surface area contributed by atoms with Crippen LogP contribution < -0.4 is 4.74 Å². The largest absolute Gasteiger partial charge is 0.481 e. The molecular formula is C17H17NO7S. The summed E-state index contributed by atoms with van der Waals surface area (Å²) in [5.41, 5.74) is 0.507. The molecule has 0 aliphatic carbocycles. The zero-order valence-electron chi connectivity index (χ0n) is 14.4. The third kappa shape index (κ3) is 4.23. The van der Waals surface area contributed by atoms with Crippen molar-refractivity contribution in [2.75, 3.05) is 20.8 Å². The minimum atomic E-state index is -1.02. The highest BCUT2D eigenvalue weighted by atomic mass is 32.2. The Morgan fingerprint density at radius 2 is 1.88 bits per heavy atom. The van der Waals surface area contributed by atoms with Crippen LogP contribution in [0.2, 0.25) is 0 Å². The lowest BCUT2D eigenvalue weighted by atomic mass is 10.1. The molecule has 0 radical (unpaired) electrons. The van der Waals surface area contributed by atoms with Crippen molar-refractivity contribution in [1.82, 2.24) is 4.90 Å². The Morgan fingerprint density at radius 1 is 1.19 bits per heavy atom. The van der Waals surface area contributed by atoms with Gasteiger partial charge in [0, 0.05) is 5.56 Å². The molecule has 0 N–H and O–H groups in total. The van der Waals surface area contributed by atoms with E-state index in [1.165, 1.54) is 27.2 Å². The molecule has 0 unspecified atom stereocenters. The highest BCUT2D eigenvalue weighted by molar-refractivity contribution is 8.18. The van der Waals surface area contributed by atoms with Gasteiger partial charge in [0.05, 0.1) is 19.1 Å². The SMILES string of the molecule is COC(=O)COc1ccccc1/C=C1/SC(=O)N([C@H](C)C(=O)OC)C1=O. The maximum Gasteiger partial charge on any atom is 0.343 e. The van der Waals surface area contributed by atoms with E-state index in [2.05, 4.69) is 9.47 Å². The minimum absolute atomic E-state index is 0.139. The van der Waals surface area contributed by atoms with Gasteiger partial charge in [-0.15, -0.1) is 0 Å². The number of benzene rings is 1. The Labute approximate surface area is 154 Å². The Balaban J connectivity index is 2.25. The number of carbonyl (C=O) groups is 4. The zero-order chi connectivity index (χ0) is 19.3. The standard InChI is InChI=1S/C17H17NO7S/c1-10(16(21)24-3)18-15(20)13(26-17(18)22)8-11-6-4-5-7-12(11)25-9-14(19)23-2/h4-8,10H,9H2,1-3H3/b13-8+/t10-/m1/s1. The van der Waals surface area contributed by atoms with Gasteiger partial charge in [-0.25, -0.2) is 9.59 Å². The normalized spacial score (nSPS) is 16.6. The molecule has 8 nitrogen and oxygen atoms in total. The second-order valence-corrected chi connectivity index (χ2v) is 6.15. The summed E-state index contributed by atoms with van der Waals surface area (Å²) in [7, 11) is 2.43. The van der Waals surface area contributed by atoms with Gasteiger partial charge in [0.2, 0.25) is 0 Å². The fourth-order valence-electron chi connectivity index (χ4n) is 2.16. The third-order valence-electron chi connectivity index (χ3n) is 3.53. The van der Waals surface area contributed by atoms with Crippen LogP contribution in [0.4, 0.5) is 4.79 Å². The molecule has 1 aromatic carbocycles. The van der Waals surface area contributed by atoms with Crippen molar-refractivity contribution in [1.29, 1.82) is 0 Å². The summed E-state index contributed by atoms with van der Waals surface area (Å²) in [4.78, 5) is 48.5. The van der Waals surface area contributed by atoms with Crippen LogP contribution in [0.3, 0.4) is 0 Å². The Bertz CT molecular complexity index is 774. The van der Waals surface area contributed by atoms with E-state index >= 15 is 0 Å². The fourth-order valence-corrected chi connectivity index (χ4v) is 3.06. The summed E-state index contributed by atoms with van der Waals surface area (Å²) in [6.45, 7) is 1.13. The smallest absolute Gasteiger partial charge is 0.343 e. The van der Waals surface area contributed by atoms with Gasteiger partial charge in [-0.05, 0) is 30.8 Å². The van der Waals surface area contributed by atoms with E-state index in [0.717, 1.165) is 4.90 Å². The lowest BCUT2D eigenvalue weighted by molar-refractivity contribution is -0.148. The molecule has 2 rings (SSSR count). The summed E-state index contributed by atoms with van der Waals surface area (Å²) < 4.78 is 14.5. The van der Waals surface area contributed by atoms with Crippen molar-refractivity contribution >= 4 is 40.9 Å². The lowest BCUT2D eigenvalue weighted by Gasteiger charge is -2.18. The Kier molecular flexibility index (Phi) is 6.40. The average Bonchev–Trinajstić information content (AvgIpc) is 2.92. The molecular weight excluding hydrogens is 362 g/mol. The van der Waals surface area contributed by atoms with Gasteiger partial charge < -0.3 is 14.2 Å². The lowest BCUT2D eigenvalue weighted by Crippen LogP contribution is -2.42. The summed E-state index contributed by atoms with van der Waals surface area (Å²) in [6.07, 6.45) is 1.47. The minimum Gasteiger partial charge on any atom is -0.481 e. The quantitative estimate of drug-likeness (QED) is 0.545. The van der Waals surface area contributed by atoms with Gasteiger partial charge in [0.25, 0.3) is 11.1 Å². The van der Waals surface area contributed by atoms with Crippen LogP contribution >= 0.6 is 11.8 Å². The van der Waals surface area contributed by atoms with Crippen molar-refractivity contribution in [3.8, 4) is 5.75 Å². The number of nitrogens with zero attached hydrogens (tertiary/aromatic N) is 1. The average molecular weight is 379 g/mol. The Hall–Kier alpha value is -2.81. The van der Waals surface area contributed by atoms with E-state index in [9.17, 15) is 19.2 Å². The number of imide groups is 1. The van der Waals surface area contributed by atoms with E-state index in [4.69, 9.17) is 4.74 Å². The topological polar surface area (TPSA) is 99.2 Å². The van der Waals surface area contributed by atoms with Gasteiger partial charge >= 0.3 is 11.9 Å². The maximum absolute atomic E-state index is 12.5. The van der Waals surface area contributed by atoms with Gasteiger partial charge in [0.1, 0.15) is 11.8 Å². The molecule has 1 aliphatic rings. The highest BCUT2D eigenvalue weighted by Gasteiger charge is 2.41. The summed E-state index contributed by atoms with van der Waals surface area (Å²) in [6, 6.07) is 5.69. The number of carbonyl (C=O) groups excluding carboxylic acids is 4. The van der Waals surface area contributed by atoms with Crippen molar-refractivity contribution in [3.05, 3.63) is 34.7 Å². The van der Waals surface area contributed by atoms with E-state index < -0.39 is 29.1 Å². The number of thioether (sulfide) groups is 1. The van der Waals surface area contributed by atoms with Crippen molar-refractivity contribution < 1.29 is 33.4 Å². The molecule has 0 aromatic heterocycles. The fraction of sp³-hybridized carbons (Fsp3) is 0.294. The molecule has 1 aliphatic heterocycles. The Morgan fingerprint density at radius 3 is 2.54 bits per heavy atom. The van der Waals surface area contributed by atoms with Gasteiger partial charge in [-0.3, -0.25) is 14.5 Å². The second-order valence-electron chi connectivity index (χ2n) is 5.15. The number of hydrogen-bond donors (Lipinski definition) is 0. The molecule has 0 saturated carbocycles. The van der Waals surface area contributed by atoms with Crippen molar-refractivity contribution in [2.24, 2.45) is 0 Å². The van der Waals surface area contributed by atoms with Gasteiger partial charge in [-0.2, -0.15) is 0 Å². The molecule has 2 amide bonds. The molecule has 9 heteroatoms. The first kappa shape index (κ1) is 19.5. The van der Waals surface area contributed by atoms with Crippen molar-refractivity contribution in [2.45, 2.75) is 13.0 Å². The van der Waals surface area contributed by atoms with E-state index in [0.29, 0.717) is 23.1 Å². The molecule has 1 heterocycles. The summed E-state index contributed by atoms with van der Waals surface area (Å²) >= 11 is 0.714. The highest BCUT2D eigenvalue weighted by Crippen LogP contribution is 2.35. The number of methoxy groups -OCH3 is 2. The van der Waals surface area contributed by atoms with Crippen LogP contribution in [0.1, 0.15) is 12.5 Å². The molecule has 1 saturated heterocycles. The molecule has 1 atom stereocenters. The monoisotopic (exact) mass is 379 g/mol. The van der Waals surface area contributed by atoms with Crippen LogP contribution in [0, 0.1) is 0 Å². The molecule has 138 valence electrons. The number of esters is 2. The van der Waals surface area contributed by atoms with Crippen LogP contribution in [-0.4, -0.2) is 54.9 Å². The predicted octanol–water partition coefficient (Wildman–Crippen LogP) is 1.84. The van der Waals surface area contributed by atoms with Crippen LogP contribution in [0.15, 0.2) is 29.2 Å². The van der Waals surface area contributed by atoms with Crippen LogP contribution in [0.25, 0.3) is 6.08 Å². The molecule has 1 fully saturated rings.